The summed E-state index contributed by atoms with van der Waals surface area (Å²) >= 11 is 3.48. The summed E-state index contributed by atoms with van der Waals surface area (Å²) in [4.78, 5) is 10.7. The lowest BCUT2D eigenvalue weighted by Crippen LogP contribution is -1.95. The molecule has 0 atom stereocenters. The second-order valence-corrected chi connectivity index (χ2v) is 5.45. The van der Waals surface area contributed by atoms with Crippen molar-refractivity contribution in [2.24, 2.45) is 0 Å². The third-order valence-corrected chi connectivity index (χ3v) is 4.28. The molecular formula is C12H10O2S2. The molecule has 0 aliphatic carbocycles. The second-order valence-electron chi connectivity index (χ2n) is 3.22. The van der Waals surface area contributed by atoms with Crippen molar-refractivity contribution in [3.63, 3.8) is 0 Å². The lowest BCUT2D eigenvalue weighted by molar-refractivity contribution is 0.0697. The quantitative estimate of drug-likeness (QED) is 0.840. The maximum Gasteiger partial charge on any atom is 0.335 e. The summed E-state index contributed by atoms with van der Waals surface area (Å²) in [6.07, 6.45) is 0. The van der Waals surface area contributed by atoms with Crippen molar-refractivity contribution in [3.8, 4) is 0 Å². The summed E-state index contributed by atoms with van der Waals surface area (Å²) in [5.41, 5.74) is 1.48. The van der Waals surface area contributed by atoms with Gasteiger partial charge in [0.25, 0.3) is 0 Å². The van der Waals surface area contributed by atoms with Gasteiger partial charge in [0, 0.05) is 5.75 Å². The average Bonchev–Trinajstić information content (AvgIpc) is 2.80. The van der Waals surface area contributed by atoms with E-state index in [4.69, 9.17) is 5.11 Å². The lowest BCUT2D eigenvalue weighted by Gasteiger charge is -2.00. The van der Waals surface area contributed by atoms with Gasteiger partial charge < -0.3 is 5.11 Å². The topological polar surface area (TPSA) is 37.3 Å². The Hall–Kier alpha value is -1.26. The Labute approximate surface area is 102 Å². The Kier molecular flexibility index (Phi) is 3.64. The predicted molar refractivity (Wildman–Crippen MR) is 67.3 cm³/mol. The molecule has 0 spiro atoms. The summed E-state index contributed by atoms with van der Waals surface area (Å²) < 4.78 is 1.28. The highest BCUT2D eigenvalue weighted by Crippen LogP contribution is 2.26. The zero-order valence-corrected chi connectivity index (χ0v) is 10.1. The Balaban J connectivity index is 1.98. The first-order valence-corrected chi connectivity index (χ1v) is 6.61. The van der Waals surface area contributed by atoms with Crippen LogP contribution in [0.5, 0.6) is 0 Å². The highest BCUT2D eigenvalue weighted by molar-refractivity contribution is 8.00. The van der Waals surface area contributed by atoms with E-state index in [1.54, 1.807) is 35.2 Å². The van der Waals surface area contributed by atoms with Crippen LogP contribution in [0.15, 0.2) is 46.0 Å². The Morgan fingerprint density at radius 2 is 2.00 bits per heavy atom. The van der Waals surface area contributed by atoms with E-state index in [-0.39, 0.29) is 0 Å². The minimum atomic E-state index is -0.877. The lowest BCUT2D eigenvalue weighted by atomic mass is 10.1. The van der Waals surface area contributed by atoms with E-state index in [1.807, 2.05) is 18.2 Å². The molecule has 1 N–H and O–H groups in total. The van der Waals surface area contributed by atoms with Gasteiger partial charge in [-0.15, -0.1) is 23.1 Å². The number of hydrogen-bond donors (Lipinski definition) is 1. The van der Waals surface area contributed by atoms with Crippen molar-refractivity contribution in [3.05, 3.63) is 52.9 Å². The zero-order valence-electron chi connectivity index (χ0n) is 8.42. The largest absolute Gasteiger partial charge is 0.478 e. The number of hydrogen-bond acceptors (Lipinski definition) is 3. The fourth-order valence-corrected chi connectivity index (χ4v) is 2.98. The van der Waals surface area contributed by atoms with E-state index < -0.39 is 5.97 Å². The zero-order chi connectivity index (χ0) is 11.4. The first kappa shape index (κ1) is 11.2. The number of carboxylic acids is 1. The van der Waals surface area contributed by atoms with E-state index in [0.29, 0.717) is 5.56 Å². The van der Waals surface area contributed by atoms with Gasteiger partial charge >= 0.3 is 5.97 Å². The molecule has 0 aliphatic heterocycles. The van der Waals surface area contributed by atoms with Gasteiger partial charge in [-0.1, -0.05) is 18.2 Å². The van der Waals surface area contributed by atoms with Crippen LogP contribution in [0.3, 0.4) is 0 Å². The van der Waals surface area contributed by atoms with Crippen molar-refractivity contribution in [2.75, 3.05) is 0 Å². The number of rotatable bonds is 4. The van der Waals surface area contributed by atoms with Crippen LogP contribution in [-0.2, 0) is 5.75 Å². The van der Waals surface area contributed by atoms with Gasteiger partial charge in [0.15, 0.2) is 0 Å². The maximum absolute atomic E-state index is 10.7. The molecule has 0 amide bonds. The second kappa shape index (κ2) is 5.18. The molecule has 4 heteroatoms. The molecule has 0 aliphatic rings. The van der Waals surface area contributed by atoms with Crippen LogP contribution >= 0.6 is 23.1 Å². The molecule has 1 heterocycles. The molecule has 0 bridgehead atoms. The van der Waals surface area contributed by atoms with Gasteiger partial charge in [0.1, 0.15) is 0 Å². The highest BCUT2D eigenvalue weighted by atomic mass is 32.2. The van der Waals surface area contributed by atoms with E-state index in [1.165, 1.54) is 4.21 Å². The minimum Gasteiger partial charge on any atom is -0.478 e. The van der Waals surface area contributed by atoms with Gasteiger partial charge in [-0.3, -0.25) is 0 Å². The van der Waals surface area contributed by atoms with Crippen molar-refractivity contribution in [1.29, 1.82) is 0 Å². The molecule has 0 fully saturated rings. The van der Waals surface area contributed by atoms with E-state index in [0.717, 1.165) is 11.3 Å². The Morgan fingerprint density at radius 3 is 2.56 bits per heavy atom. The van der Waals surface area contributed by atoms with Crippen molar-refractivity contribution in [2.45, 2.75) is 9.96 Å². The van der Waals surface area contributed by atoms with Gasteiger partial charge in [0.2, 0.25) is 0 Å². The van der Waals surface area contributed by atoms with Gasteiger partial charge in [-0.2, -0.15) is 0 Å². The standard InChI is InChI=1S/C12H10O2S2/c13-12(14)10-5-3-9(4-6-10)8-16-11-2-1-7-15-11/h1-7H,8H2,(H,13,14). The van der Waals surface area contributed by atoms with Crippen LogP contribution < -0.4 is 0 Å². The highest BCUT2D eigenvalue weighted by Gasteiger charge is 2.02. The molecule has 0 radical (unpaired) electrons. The summed E-state index contributed by atoms with van der Waals surface area (Å²) in [6, 6.07) is 11.1. The van der Waals surface area contributed by atoms with Crippen molar-refractivity contribution < 1.29 is 9.90 Å². The SMILES string of the molecule is O=C(O)c1ccc(CSc2cccs2)cc1. The van der Waals surface area contributed by atoms with Gasteiger partial charge in [0.05, 0.1) is 9.77 Å². The van der Waals surface area contributed by atoms with Crippen LogP contribution in [0.1, 0.15) is 15.9 Å². The number of benzene rings is 1. The van der Waals surface area contributed by atoms with Gasteiger partial charge in [-0.05, 0) is 29.1 Å². The molecule has 1 aromatic carbocycles. The fourth-order valence-electron chi connectivity index (χ4n) is 1.24. The Morgan fingerprint density at radius 1 is 1.25 bits per heavy atom. The number of aromatic carboxylic acids is 1. The maximum atomic E-state index is 10.7. The van der Waals surface area contributed by atoms with Crippen LogP contribution in [0, 0.1) is 0 Å². The van der Waals surface area contributed by atoms with Gasteiger partial charge in [-0.25, -0.2) is 4.79 Å². The van der Waals surface area contributed by atoms with Crippen LogP contribution in [0.2, 0.25) is 0 Å². The summed E-state index contributed by atoms with van der Waals surface area (Å²) in [6.45, 7) is 0. The third kappa shape index (κ3) is 2.87. The van der Waals surface area contributed by atoms with E-state index in [9.17, 15) is 4.79 Å². The molecule has 0 saturated heterocycles. The smallest absolute Gasteiger partial charge is 0.335 e. The van der Waals surface area contributed by atoms with E-state index in [2.05, 4.69) is 11.4 Å². The molecular weight excluding hydrogens is 240 g/mol. The molecule has 82 valence electrons. The molecule has 2 nitrogen and oxygen atoms in total. The van der Waals surface area contributed by atoms with Crippen LogP contribution in [-0.4, -0.2) is 11.1 Å². The Bertz CT molecular complexity index is 460. The summed E-state index contributed by atoms with van der Waals surface area (Å²) in [7, 11) is 0. The predicted octanol–water partition coefficient (Wildman–Crippen LogP) is 3.74. The van der Waals surface area contributed by atoms with Crippen molar-refractivity contribution >= 4 is 29.1 Å². The molecule has 0 saturated carbocycles. The first-order valence-electron chi connectivity index (χ1n) is 4.74. The monoisotopic (exact) mass is 250 g/mol. The summed E-state index contributed by atoms with van der Waals surface area (Å²) in [5, 5.41) is 10.8. The minimum absolute atomic E-state index is 0.338. The summed E-state index contributed by atoms with van der Waals surface area (Å²) in [5.74, 6) is -0.00194. The normalized spacial score (nSPS) is 10.2. The number of thioether (sulfide) groups is 1. The third-order valence-electron chi connectivity index (χ3n) is 2.08. The number of thiophene rings is 1. The number of carbonyl (C=O) groups is 1. The van der Waals surface area contributed by atoms with Crippen LogP contribution in [0.25, 0.3) is 0 Å². The average molecular weight is 250 g/mol. The molecule has 2 rings (SSSR count). The number of carboxylic acid groups (broad SMARTS) is 1. The fraction of sp³-hybridized carbons (Fsp3) is 0.0833. The first-order chi connectivity index (χ1) is 7.75. The van der Waals surface area contributed by atoms with Crippen LogP contribution in [0.4, 0.5) is 0 Å². The van der Waals surface area contributed by atoms with Crippen molar-refractivity contribution in [1.82, 2.24) is 0 Å². The molecule has 2 aromatic rings. The molecule has 0 unspecified atom stereocenters. The molecule has 1 aromatic heterocycles. The molecule has 16 heavy (non-hydrogen) atoms. The van der Waals surface area contributed by atoms with E-state index >= 15 is 0 Å².